The molecule has 0 fully saturated rings. The summed E-state index contributed by atoms with van der Waals surface area (Å²) in [6, 6.07) is 7.31. The first-order valence-electron chi connectivity index (χ1n) is 7.04. The fourth-order valence-corrected chi connectivity index (χ4v) is 2.14. The molecule has 2 aromatic carbocycles. The minimum atomic E-state index is -0.345. The summed E-state index contributed by atoms with van der Waals surface area (Å²) in [6.45, 7) is 0. The molecule has 0 aliphatic rings. The minimum Gasteiger partial charge on any atom is -0.504 e. The van der Waals surface area contributed by atoms with E-state index in [4.69, 9.17) is 14.2 Å². The van der Waals surface area contributed by atoms with Crippen LogP contribution in [0.2, 0.25) is 0 Å². The third kappa shape index (κ3) is 3.60. The zero-order valence-electron chi connectivity index (χ0n) is 13.6. The lowest BCUT2D eigenvalue weighted by Gasteiger charge is -2.12. The largest absolute Gasteiger partial charge is 0.504 e. The van der Waals surface area contributed by atoms with Crippen molar-refractivity contribution in [3.05, 3.63) is 47.5 Å². The van der Waals surface area contributed by atoms with Gasteiger partial charge in [-0.3, -0.25) is 4.79 Å². The molecule has 2 rings (SSSR count). The van der Waals surface area contributed by atoms with E-state index < -0.39 is 0 Å². The number of aromatic hydroxyl groups is 2. The molecule has 24 heavy (non-hydrogen) atoms. The number of allylic oxidation sites excluding steroid dienone is 1. The summed E-state index contributed by atoms with van der Waals surface area (Å²) in [6.07, 6.45) is 2.95. The number of carbonyl (C=O) groups excluding carboxylic acids is 1. The third-order valence-corrected chi connectivity index (χ3v) is 3.37. The fraction of sp³-hybridized carbons (Fsp3) is 0.167. The van der Waals surface area contributed by atoms with Gasteiger partial charge in [0.2, 0.25) is 5.75 Å². The Bertz CT molecular complexity index is 754. The van der Waals surface area contributed by atoms with E-state index in [0.29, 0.717) is 22.8 Å². The Labute approximate surface area is 139 Å². The molecule has 0 amide bonds. The zero-order valence-corrected chi connectivity index (χ0v) is 13.6. The van der Waals surface area contributed by atoms with Crippen LogP contribution in [0.3, 0.4) is 0 Å². The summed E-state index contributed by atoms with van der Waals surface area (Å²) in [5, 5.41) is 18.7. The summed E-state index contributed by atoms with van der Waals surface area (Å²) in [5.74, 6) is 0.477. The van der Waals surface area contributed by atoms with Crippen LogP contribution in [0.15, 0.2) is 36.4 Å². The first kappa shape index (κ1) is 17.2. The maximum absolute atomic E-state index is 12.1. The van der Waals surface area contributed by atoms with Crippen molar-refractivity contribution in [2.24, 2.45) is 0 Å². The summed E-state index contributed by atoms with van der Waals surface area (Å²) in [7, 11) is 4.53. The Balaban J connectivity index is 2.30. The number of ketones is 1. The Morgan fingerprint density at radius 2 is 1.54 bits per heavy atom. The molecule has 6 nitrogen and oxygen atoms in total. The molecule has 2 N–H and O–H groups in total. The van der Waals surface area contributed by atoms with Gasteiger partial charge in [0.05, 0.1) is 21.3 Å². The second-order valence-corrected chi connectivity index (χ2v) is 4.86. The Hall–Kier alpha value is -3.15. The first-order chi connectivity index (χ1) is 11.5. The maximum Gasteiger partial charge on any atom is 0.203 e. The predicted molar refractivity (Wildman–Crippen MR) is 89.2 cm³/mol. The smallest absolute Gasteiger partial charge is 0.203 e. The monoisotopic (exact) mass is 330 g/mol. The molecule has 0 saturated carbocycles. The number of ether oxygens (including phenoxy) is 3. The van der Waals surface area contributed by atoms with E-state index in [1.165, 1.54) is 45.6 Å². The van der Waals surface area contributed by atoms with Crippen molar-refractivity contribution in [1.29, 1.82) is 0 Å². The molecule has 0 aromatic heterocycles. The normalized spacial score (nSPS) is 10.6. The van der Waals surface area contributed by atoms with Gasteiger partial charge in [-0.1, -0.05) is 6.08 Å². The SMILES string of the molecule is COc1cc(/C=C/C(=O)c2ccc(O)c(O)c2)cc(OC)c1OC. The van der Waals surface area contributed by atoms with Gasteiger partial charge >= 0.3 is 0 Å². The lowest BCUT2D eigenvalue weighted by Crippen LogP contribution is -1.96. The van der Waals surface area contributed by atoms with Gasteiger partial charge in [-0.05, 0) is 42.0 Å². The molecular formula is C18H18O6. The van der Waals surface area contributed by atoms with Gasteiger partial charge in [0.15, 0.2) is 28.8 Å². The number of phenolic OH excluding ortho intramolecular Hbond substituents is 2. The third-order valence-electron chi connectivity index (χ3n) is 3.37. The van der Waals surface area contributed by atoms with Crippen molar-refractivity contribution in [2.75, 3.05) is 21.3 Å². The quantitative estimate of drug-likeness (QED) is 0.481. The van der Waals surface area contributed by atoms with Crippen LogP contribution in [0.4, 0.5) is 0 Å². The zero-order chi connectivity index (χ0) is 17.7. The molecule has 0 radical (unpaired) electrons. The van der Waals surface area contributed by atoms with Crippen LogP contribution in [0.1, 0.15) is 15.9 Å². The molecule has 0 aliphatic carbocycles. The van der Waals surface area contributed by atoms with E-state index >= 15 is 0 Å². The highest BCUT2D eigenvalue weighted by Crippen LogP contribution is 2.38. The Morgan fingerprint density at radius 1 is 0.917 bits per heavy atom. The number of hydrogen-bond acceptors (Lipinski definition) is 6. The number of methoxy groups -OCH3 is 3. The summed E-state index contributed by atoms with van der Waals surface area (Å²) < 4.78 is 15.8. The summed E-state index contributed by atoms with van der Waals surface area (Å²) in [4.78, 5) is 12.1. The van der Waals surface area contributed by atoms with Gasteiger partial charge in [0, 0.05) is 5.56 Å². The highest BCUT2D eigenvalue weighted by atomic mass is 16.5. The van der Waals surface area contributed by atoms with Crippen LogP contribution in [0, 0.1) is 0 Å². The van der Waals surface area contributed by atoms with Gasteiger partial charge in [-0.25, -0.2) is 0 Å². The first-order valence-corrected chi connectivity index (χ1v) is 7.04. The van der Waals surface area contributed by atoms with Crippen molar-refractivity contribution in [2.45, 2.75) is 0 Å². The van der Waals surface area contributed by atoms with Crippen LogP contribution in [0.5, 0.6) is 28.7 Å². The molecule has 0 saturated heterocycles. The fourth-order valence-electron chi connectivity index (χ4n) is 2.14. The number of benzene rings is 2. The second kappa shape index (κ2) is 7.41. The number of hydrogen-bond donors (Lipinski definition) is 2. The number of phenols is 2. The van der Waals surface area contributed by atoms with Gasteiger partial charge in [0.1, 0.15) is 0 Å². The van der Waals surface area contributed by atoms with E-state index in [1.54, 1.807) is 18.2 Å². The molecule has 0 unspecified atom stereocenters. The van der Waals surface area contributed by atoms with Crippen LogP contribution in [-0.2, 0) is 0 Å². The topological polar surface area (TPSA) is 85.2 Å². The van der Waals surface area contributed by atoms with E-state index in [9.17, 15) is 15.0 Å². The summed E-state index contributed by atoms with van der Waals surface area (Å²) in [5.41, 5.74) is 0.940. The molecular weight excluding hydrogens is 312 g/mol. The van der Waals surface area contributed by atoms with E-state index in [1.807, 2.05) is 0 Å². The average molecular weight is 330 g/mol. The average Bonchev–Trinajstić information content (AvgIpc) is 2.60. The maximum atomic E-state index is 12.1. The van der Waals surface area contributed by atoms with Crippen molar-refractivity contribution >= 4 is 11.9 Å². The van der Waals surface area contributed by atoms with E-state index in [0.717, 1.165) is 0 Å². The van der Waals surface area contributed by atoms with Crippen molar-refractivity contribution in [3.8, 4) is 28.7 Å². The van der Waals surface area contributed by atoms with Crippen LogP contribution in [-0.4, -0.2) is 37.3 Å². The van der Waals surface area contributed by atoms with E-state index in [2.05, 4.69) is 0 Å². The van der Waals surface area contributed by atoms with Gasteiger partial charge in [0.25, 0.3) is 0 Å². The molecule has 2 aromatic rings. The van der Waals surface area contributed by atoms with E-state index in [-0.39, 0.29) is 22.8 Å². The molecule has 0 heterocycles. The minimum absolute atomic E-state index is 0.258. The lowest BCUT2D eigenvalue weighted by atomic mass is 10.1. The van der Waals surface area contributed by atoms with Crippen molar-refractivity contribution < 1.29 is 29.2 Å². The molecule has 0 aliphatic heterocycles. The second-order valence-electron chi connectivity index (χ2n) is 4.86. The molecule has 0 spiro atoms. The van der Waals surface area contributed by atoms with Crippen molar-refractivity contribution in [1.82, 2.24) is 0 Å². The standard InChI is InChI=1S/C18H18O6/c1-22-16-8-11(9-17(23-2)18(16)24-3)4-6-13(19)12-5-7-14(20)15(21)10-12/h4-10,20-21H,1-3H3/b6-4+. The lowest BCUT2D eigenvalue weighted by molar-refractivity contribution is 0.104. The molecule has 126 valence electrons. The highest BCUT2D eigenvalue weighted by molar-refractivity contribution is 6.07. The van der Waals surface area contributed by atoms with Gasteiger partial charge in [-0.2, -0.15) is 0 Å². The van der Waals surface area contributed by atoms with Gasteiger partial charge < -0.3 is 24.4 Å². The van der Waals surface area contributed by atoms with Crippen LogP contribution >= 0.6 is 0 Å². The molecule has 0 bridgehead atoms. The van der Waals surface area contributed by atoms with Crippen molar-refractivity contribution in [3.63, 3.8) is 0 Å². The highest BCUT2D eigenvalue weighted by Gasteiger charge is 2.12. The predicted octanol–water partition coefficient (Wildman–Crippen LogP) is 3.02. The van der Waals surface area contributed by atoms with Crippen LogP contribution in [0.25, 0.3) is 6.08 Å². The van der Waals surface area contributed by atoms with Crippen LogP contribution < -0.4 is 14.2 Å². The summed E-state index contributed by atoms with van der Waals surface area (Å²) >= 11 is 0. The Kier molecular flexibility index (Phi) is 5.31. The number of carbonyl (C=O) groups is 1. The molecule has 6 heteroatoms. The van der Waals surface area contributed by atoms with Gasteiger partial charge in [-0.15, -0.1) is 0 Å². The number of rotatable bonds is 6. The Morgan fingerprint density at radius 3 is 2.04 bits per heavy atom. The molecule has 0 atom stereocenters.